The molecule has 170 valence electrons. The minimum atomic E-state index is -4.34. The second kappa shape index (κ2) is 11.4. The summed E-state index contributed by atoms with van der Waals surface area (Å²) in [6.07, 6.45) is -3.30. The normalized spacial score (nSPS) is 16.6. The van der Waals surface area contributed by atoms with Gasteiger partial charge in [-0.3, -0.25) is 4.99 Å². The van der Waals surface area contributed by atoms with Crippen LogP contribution in [0.5, 0.6) is 5.75 Å². The van der Waals surface area contributed by atoms with Gasteiger partial charge in [0.25, 0.3) is 0 Å². The first kappa shape index (κ1) is 25.1. The molecular weight excluding hydrogens is 520 g/mol. The summed E-state index contributed by atoms with van der Waals surface area (Å²) in [4.78, 5) is 6.49. The summed E-state index contributed by atoms with van der Waals surface area (Å²) >= 11 is 0. The Morgan fingerprint density at radius 2 is 1.94 bits per heavy atom. The Labute approximate surface area is 198 Å². The molecule has 1 aliphatic rings. The van der Waals surface area contributed by atoms with Crippen LogP contribution in [0.3, 0.4) is 0 Å². The van der Waals surface area contributed by atoms with Gasteiger partial charge in [-0.15, -0.1) is 24.0 Å². The van der Waals surface area contributed by atoms with Crippen LogP contribution < -0.4 is 20.3 Å². The number of benzene rings is 2. The third-order valence-electron chi connectivity index (χ3n) is 5.21. The fourth-order valence-corrected chi connectivity index (χ4v) is 3.61. The molecule has 1 fully saturated rings. The van der Waals surface area contributed by atoms with Gasteiger partial charge in [0.1, 0.15) is 5.75 Å². The van der Waals surface area contributed by atoms with Gasteiger partial charge in [0, 0.05) is 33.2 Å². The number of halogens is 4. The van der Waals surface area contributed by atoms with Crippen molar-refractivity contribution in [1.29, 1.82) is 0 Å². The molecule has 0 radical (unpaired) electrons. The Bertz CT molecular complexity index is 876. The first-order chi connectivity index (χ1) is 14.4. The lowest BCUT2D eigenvalue weighted by atomic mass is 10.1. The highest BCUT2D eigenvalue weighted by atomic mass is 127. The summed E-state index contributed by atoms with van der Waals surface area (Å²) in [6.45, 7) is 2.84. The van der Waals surface area contributed by atoms with Crippen molar-refractivity contribution in [3.63, 3.8) is 0 Å². The van der Waals surface area contributed by atoms with E-state index in [1.54, 1.807) is 20.2 Å². The van der Waals surface area contributed by atoms with Crippen molar-refractivity contribution < 1.29 is 17.9 Å². The Hall–Kier alpha value is -2.17. The molecule has 0 spiro atoms. The number of rotatable bonds is 6. The summed E-state index contributed by atoms with van der Waals surface area (Å²) in [5.41, 5.74) is 0.998. The van der Waals surface area contributed by atoms with E-state index in [1.165, 1.54) is 6.07 Å². The molecule has 31 heavy (non-hydrogen) atoms. The lowest BCUT2D eigenvalue weighted by molar-refractivity contribution is -0.137. The van der Waals surface area contributed by atoms with Crippen molar-refractivity contribution in [2.75, 3.05) is 38.7 Å². The number of nitrogens with zero attached hydrogens (tertiary/aromatic N) is 2. The Balaban J connectivity index is 0.00000341. The van der Waals surface area contributed by atoms with Crippen molar-refractivity contribution in [3.05, 3.63) is 59.7 Å². The van der Waals surface area contributed by atoms with Gasteiger partial charge < -0.3 is 20.3 Å². The van der Waals surface area contributed by atoms with E-state index in [9.17, 15) is 13.2 Å². The lowest BCUT2D eigenvalue weighted by Gasteiger charge is -2.21. The number of alkyl halides is 3. The predicted octanol–water partition coefficient (Wildman–Crippen LogP) is 4.52. The third-order valence-corrected chi connectivity index (χ3v) is 5.21. The van der Waals surface area contributed by atoms with Crippen molar-refractivity contribution in [2.45, 2.75) is 19.1 Å². The van der Waals surface area contributed by atoms with Crippen LogP contribution in [0.25, 0.3) is 0 Å². The molecule has 0 aliphatic carbocycles. The molecule has 2 N–H and O–H groups in total. The van der Waals surface area contributed by atoms with Crippen LogP contribution in [0.2, 0.25) is 0 Å². The Morgan fingerprint density at radius 1 is 1.16 bits per heavy atom. The molecule has 0 aromatic heterocycles. The van der Waals surface area contributed by atoms with Crippen LogP contribution in [-0.4, -0.2) is 39.8 Å². The molecule has 1 saturated heterocycles. The molecule has 1 heterocycles. The number of aliphatic imine (C=N–C) groups is 1. The van der Waals surface area contributed by atoms with Gasteiger partial charge >= 0.3 is 6.18 Å². The number of hydrogen-bond acceptors (Lipinski definition) is 3. The SMILES string of the molecule is CN=C(NCc1cccc(C(F)(F)F)c1)NCC1CCN(c2ccccc2OC)C1.I. The van der Waals surface area contributed by atoms with E-state index >= 15 is 0 Å². The van der Waals surface area contributed by atoms with Crippen molar-refractivity contribution in [3.8, 4) is 5.75 Å². The van der Waals surface area contributed by atoms with Gasteiger partial charge in [0.15, 0.2) is 5.96 Å². The smallest absolute Gasteiger partial charge is 0.416 e. The van der Waals surface area contributed by atoms with E-state index in [-0.39, 0.29) is 30.5 Å². The number of hydrogen-bond donors (Lipinski definition) is 2. The second-order valence-electron chi connectivity index (χ2n) is 7.28. The summed E-state index contributed by atoms with van der Waals surface area (Å²) in [5, 5.41) is 6.37. The average molecular weight is 548 g/mol. The molecule has 3 rings (SSSR count). The number of para-hydroxylation sites is 2. The van der Waals surface area contributed by atoms with Crippen LogP contribution in [0.15, 0.2) is 53.5 Å². The highest BCUT2D eigenvalue weighted by molar-refractivity contribution is 14.0. The first-order valence-corrected chi connectivity index (χ1v) is 9.89. The molecule has 2 aromatic carbocycles. The minimum Gasteiger partial charge on any atom is -0.495 e. The average Bonchev–Trinajstić information content (AvgIpc) is 3.22. The molecule has 9 heteroatoms. The van der Waals surface area contributed by atoms with Gasteiger partial charge in [-0.1, -0.05) is 24.3 Å². The standard InChI is InChI=1S/C22H27F3N4O.HI/c1-26-21(27-13-16-6-5-7-18(12-16)22(23,24)25)28-14-17-10-11-29(15-17)19-8-3-4-9-20(19)30-2;/h3-9,12,17H,10-11,13-15H2,1-2H3,(H2,26,27,28);1H. The van der Waals surface area contributed by atoms with Gasteiger partial charge in [0.2, 0.25) is 0 Å². The third kappa shape index (κ3) is 6.91. The predicted molar refractivity (Wildman–Crippen MR) is 128 cm³/mol. The van der Waals surface area contributed by atoms with Crippen LogP contribution in [0, 0.1) is 5.92 Å². The molecule has 5 nitrogen and oxygen atoms in total. The molecule has 0 bridgehead atoms. The number of methoxy groups -OCH3 is 1. The molecule has 1 atom stereocenters. The maximum atomic E-state index is 12.9. The lowest BCUT2D eigenvalue weighted by Crippen LogP contribution is -2.40. The van der Waals surface area contributed by atoms with E-state index < -0.39 is 11.7 Å². The Kier molecular flexibility index (Phi) is 9.27. The molecular formula is C22H28F3IN4O. The summed E-state index contributed by atoms with van der Waals surface area (Å²) in [5.74, 6) is 1.87. The van der Waals surface area contributed by atoms with Crippen LogP contribution in [0.1, 0.15) is 17.5 Å². The second-order valence-corrected chi connectivity index (χ2v) is 7.28. The largest absolute Gasteiger partial charge is 0.495 e. The highest BCUT2D eigenvalue weighted by Gasteiger charge is 2.30. The quantitative estimate of drug-likeness (QED) is 0.317. The number of nitrogens with one attached hydrogen (secondary N) is 2. The van der Waals surface area contributed by atoms with Gasteiger partial charge in [0.05, 0.1) is 18.4 Å². The molecule has 0 amide bonds. The van der Waals surface area contributed by atoms with E-state index in [4.69, 9.17) is 4.74 Å². The number of anilines is 1. The fourth-order valence-electron chi connectivity index (χ4n) is 3.61. The van der Waals surface area contributed by atoms with E-state index in [0.29, 0.717) is 17.4 Å². The maximum Gasteiger partial charge on any atom is 0.416 e. The number of ether oxygens (including phenoxy) is 1. The van der Waals surface area contributed by atoms with E-state index in [1.807, 2.05) is 18.2 Å². The van der Waals surface area contributed by atoms with Crippen molar-refractivity contribution >= 4 is 35.6 Å². The van der Waals surface area contributed by atoms with Gasteiger partial charge in [-0.05, 0) is 42.2 Å². The first-order valence-electron chi connectivity index (χ1n) is 9.89. The van der Waals surface area contributed by atoms with E-state index in [0.717, 1.165) is 49.6 Å². The van der Waals surface area contributed by atoms with Crippen LogP contribution >= 0.6 is 24.0 Å². The van der Waals surface area contributed by atoms with Gasteiger partial charge in [-0.2, -0.15) is 13.2 Å². The monoisotopic (exact) mass is 548 g/mol. The minimum absolute atomic E-state index is 0. The van der Waals surface area contributed by atoms with E-state index in [2.05, 4.69) is 26.6 Å². The molecule has 1 aliphatic heterocycles. The zero-order valence-corrected chi connectivity index (χ0v) is 19.9. The molecule has 1 unspecified atom stereocenters. The van der Waals surface area contributed by atoms with Crippen molar-refractivity contribution in [2.24, 2.45) is 10.9 Å². The number of guanidine groups is 1. The van der Waals surface area contributed by atoms with Crippen LogP contribution in [-0.2, 0) is 12.7 Å². The maximum absolute atomic E-state index is 12.9. The zero-order valence-electron chi connectivity index (χ0n) is 17.6. The Morgan fingerprint density at radius 3 is 2.65 bits per heavy atom. The van der Waals surface area contributed by atoms with Crippen LogP contribution in [0.4, 0.5) is 18.9 Å². The molecule has 2 aromatic rings. The highest BCUT2D eigenvalue weighted by Crippen LogP contribution is 2.32. The summed E-state index contributed by atoms with van der Waals surface area (Å²) in [6, 6.07) is 13.3. The van der Waals surface area contributed by atoms with Gasteiger partial charge in [-0.25, -0.2) is 0 Å². The fraction of sp³-hybridized carbons (Fsp3) is 0.409. The molecule has 0 saturated carbocycles. The summed E-state index contributed by atoms with van der Waals surface area (Å²) in [7, 11) is 3.32. The van der Waals surface area contributed by atoms with Crippen molar-refractivity contribution in [1.82, 2.24) is 10.6 Å². The summed E-state index contributed by atoms with van der Waals surface area (Å²) < 4.78 is 44.0. The topological polar surface area (TPSA) is 48.9 Å². The zero-order chi connectivity index (χ0) is 21.6.